The first-order valence-corrected chi connectivity index (χ1v) is 16.7. The molecular formula is C32H63NO7. The topological polar surface area (TPSA) is 131 Å². The molecule has 0 spiro atoms. The number of aliphatic hydroxyl groups is 5. The number of unbranched alkanes of at least 4 members (excludes halogenated alkanes) is 19. The van der Waals surface area contributed by atoms with Gasteiger partial charge in [-0.1, -0.05) is 136 Å². The van der Waals surface area contributed by atoms with Crippen molar-refractivity contribution in [3.05, 3.63) is 0 Å². The van der Waals surface area contributed by atoms with E-state index < -0.39 is 36.9 Å². The van der Waals surface area contributed by atoms with Crippen LogP contribution in [0, 0.1) is 0 Å². The van der Waals surface area contributed by atoms with Crippen molar-refractivity contribution >= 4 is 5.91 Å². The van der Waals surface area contributed by atoms with E-state index >= 15 is 0 Å². The van der Waals surface area contributed by atoms with Crippen molar-refractivity contribution < 1.29 is 35.1 Å². The predicted octanol–water partition coefficient (Wildman–Crippen LogP) is 5.56. The van der Waals surface area contributed by atoms with Crippen LogP contribution in [0.15, 0.2) is 0 Å². The number of ether oxygens (including phenoxy) is 1. The van der Waals surface area contributed by atoms with Gasteiger partial charge in [-0.3, -0.25) is 9.69 Å². The lowest BCUT2D eigenvalue weighted by molar-refractivity contribution is -0.395. The Morgan fingerprint density at radius 2 is 1.05 bits per heavy atom. The van der Waals surface area contributed by atoms with Gasteiger partial charge in [0.05, 0.1) is 6.61 Å². The Bertz CT molecular complexity index is 620. The maximum absolute atomic E-state index is 13.2. The first-order chi connectivity index (χ1) is 19.3. The first kappa shape index (κ1) is 37.3. The van der Waals surface area contributed by atoms with Crippen LogP contribution in [-0.4, -0.2) is 79.8 Å². The van der Waals surface area contributed by atoms with Crippen LogP contribution in [0.5, 0.6) is 0 Å². The Hall–Kier alpha value is -0.770. The number of hydrogen-bond acceptors (Lipinski definition) is 7. The number of nitrogens with zero attached hydrogens (tertiary/aromatic N) is 1. The molecule has 0 aliphatic carbocycles. The van der Waals surface area contributed by atoms with E-state index in [2.05, 4.69) is 13.8 Å². The number of carbonyl (C=O) groups excluding carboxylic acids is 1. The summed E-state index contributed by atoms with van der Waals surface area (Å²) >= 11 is 0. The average molecular weight is 574 g/mol. The van der Waals surface area contributed by atoms with E-state index in [9.17, 15) is 30.3 Å². The second-order valence-electron chi connectivity index (χ2n) is 11.9. The molecule has 5 atom stereocenters. The van der Waals surface area contributed by atoms with Gasteiger partial charge in [-0.25, -0.2) is 0 Å². The molecular weight excluding hydrogens is 510 g/mol. The van der Waals surface area contributed by atoms with Gasteiger partial charge in [0.1, 0.15) is 18.3 Å². The van der Waals surface area contributed by atoms with E-state index in [1.807, 2.05) is 0 Å². The molecule has 1 aliphatic heterocycles. The highest BCUT2D eigenvalue weighted by atomic mass is 16.7. The van der Waals surface area contributed by atoms with Crippen molar-refractivity contribution in [3.8, 4) is 0 Å². The minimum absolute atomic E-state index is 0.165. The Kier molecular flexibility index (Phi) is 21.2. The summed E-state index contributed by atoms with van der Waals surface area (Å²) in [5, 5.41) is 51.9. The lowest BCUT2D eigenvalue weighted by atomic mass is 9.95. The number of amides is 1. The fourth-order valence-corrected chi connectivity index (χ4v) is 5.66. The highest BCUT2D eigenvalue weighted by molar-refractivity contribution is 5.76. The first-order valence-electron chi connectivity index (χ1n) is 16.7. The fraction of sp³-hybridized carbons (Fsp3) is 0.969. The van der Waals surface area contributed by atoms with E-state index in [0.29, 0.717) is 12.8 Å². The fourth-order valence-electron chi connectivity index (χ4n) is 5.66. The van der Waals surface area contributed by atoms with Gasteiger partial charge in [-0.2, -0.15) is 0 Å². The molecule has 1 unspecified atom stereocenters. The summed E-state index contributed by atoms with van der Waals surface area (Å²) in [6, 6.07) is 0. The lowest BCUT2D eigenvalue weighted by Crippen LogP contribution is -2.72. The molecule has 238 valence electrons. The van der Waals surface area contributed by atoms with Crippen molar-refractivity contribution in [1.29, 1.82) is 0 Å². The van der Waals surface area contributed by atoms with Crippen LogP contribution in [0.1, 0.15) is 155 Å². The van der Waals surface area contributed by atoms with Gasteiger partial charge in [0.25, 0.3) is 5.91 Å². The maximum Gasteiger partial charge on any atom is 0.282 e. The third-order valence-electron chi connectivity index (χ3n) is 8.36. The van der Waals surface area contributed by atoms with E-state index in [1.54, 1.807) is 0 Å². The molecule has 1 fully saturated rings. The van der Waals surface area contributed by atoms with Crippen molar-refractivity contribution in [1.82, 2.24) is 4.90 Å². The van der Waals surface area contributed by atoms with E-state index in [-0.39, 0.29) is 18.9 Å². The van der Waals surface area contributed by atoms with Gasteiger partial charge in [0, 0.05) is 13.0 Å². The molecule has 1 heterocycles. The van der Waals surface area contributed by atoms with E-state index in [4.69, 9.17) is 4.74 Å². The minimum atomic E-state index is -2.50. The van der Waals surface area contributed by atoms with Crippen molar-refractivity contribution in [2.75, 3.05) is 13.2 Å². The third-order valence-corrected chi connectivity index (χ3v) is 8.36. The van der Waals surface area contributed by atoms with Crippen LogP contribution in [0.4, 0.5) is 0 Å². The summed E-state index contributed by atoms with van der Waals surface area (Å²) in [5.74, 6) is -2.85. The van der Waals surface area contributed by atoms with Crippen LogP contribution in [0.2, 0.25) is 0 Å². The Morgan fingerprint density at radius 3 is 1.48 bits per heavy atom. The quantitative estimate of drug-likeness (QED) is 0.0714. The molecule has 0 bridgehead atoms. The molecule has 1 saturated heterocycles. The largest absolute Gasteiger partial charge is 0.394 e. The third kappa shape index (κ3) is 13.9. The highest BCUT2D eigenvalue weighted by Gasteiger charge is 2.57. The number of rotatable bonds is 25. The second kappa shape index (κ2) is 22.8. The highest BCUT2D eigenvalue weighted by Crippen LogP contribution is 2.32. The Labute approximate surface area is 244 Å². The molecule has 8 nitrogen and oxygen atoms in total. The standard InChI is InChI=1S/C32H63NO7/c1-3-5-7-9-11-12-13-14-15-16-17-18-19-20-22-24-28(35)33(25-23-21-10-8-6-4-2)32(39)31(38)30(37)29(36)27(26-34)40-32/h27,29-31,34,36-39H,3-26H2,1-2H3/t27-,29-,30+,31-,32?/m1/s1. The van der Waals surface area contributed by atoms with Gasteiger partial charge in [0.2, 0.25) is 5.91 Å². The van der Waals surface area contributed by atoms with Gasteiger partial charge < -0.3 is 30.3 Å². The summed E-state index contributed by atoms with van der Waals surface area (Å²) in [6.45, 7) is 3.90. The van der Waals surface area contributed by atoms with Crippen molar-refractivity contribution in [2.45, 2.75) is 185 Å². The smallest absolute Gasteiger partial charge is 0.282 e. The van der Waals surface area contributed by atoms with Crippen LogP contribution < -0.4 is 0 Å². The van der Waals surface area contributed by atoms with E-state index in [1.165, 1.54) is 70.6 Å². The summed E-state index contributed by atoms with van der Waals surface area (Å²) in [5.41, 5.74) is 0. The maximum atomic E-state index is 13.2. The molecule has 40 heavy (non-hydrogen) atoms. The molecule has 8 heteroatoms. The van der Waals surface area contributed by atoms with E-state index in [0.717, 1.165) is 56.3 Å². The second-order valence-corrected chi connectivity index (χ2v) is 11.9. The number of hydrogen-bond donors (Lipinski definition) is 5. The zero-order valence-electron chi connectivity index (χ0n) is 25.8. The monoisotopic (exact) mass is 573 g/mol. The van der Waals surface area contributed by atoms with Crippen molar-refractivity contribution in [2.24, 2.45) is 0 Å². The average Bonchev–Trinajstić information content (AvgIpc) is 2.95. The SMILES string of the molecule is CCCCCCCCCCCCCCCCCC(=O)N(CCCCCCCC)C1(O)O[C@H](CO)[C@@H](O)[C@H](O)[C@H]1O. The molecule has 0 aromatic carbocycles. The molecule has 1 amide bonds. The van der Waals surface area contributed by atoms with Crippen LogP contribution in [0.3, 0.4) is 0 Å². The lowest BCUT2D eigenvalue weighted by Gasteiger charge is -2.50. The summed E-state index contributed by atoms with van der Waals surface area (Å²) in [6.07, 6.45) is 18.0. The van der Waals surface area contributed by atoms with Crippen LogP contribution in [-0.2, 0) is 9.53 Å². The molecule has 1 rings (SSSR count). The Balaban J connectivity index is 2.41. The predicted molar refractivity (Wildman–Crippen MR) is 160 cm³/mol. The molecule has 0 aromatic rings. The minimum Gasteiger partial charge on any atom is -0.394 e. The van der Waals surface area contributed by atoms with Gasteiger partial charge >= 0.3 is 0 Å². The summed E-state index contributed by atoms with van der Waals surface area (Å²) in [4.78, 5) is 14.4. The van der Waals surface area contributed by atoms with Crippen LogP contribution in [0.25, 0.3) is 0 Å². The molecule has 5 N–H and O–H groups in total. The number of carbonyl (C=O) groups is 1. The zero-order chi connectivity index (χ0) is 29.6. The Morgan fingerprint density at radius 1 is 0.650 bits per heavy atom. The normalized spacial score (nSPS) is 24.9. The van der Waals surface area contributed by atoms with Gasteiger partial charge in [0.15, 0.2) is 6.10 Å². The zero-order valence-corrected chi connectivity index (χ0v) is 25.8. The summed E-state index contributed by atoms with van der Waals surface area (Å²) in [7, 11) is 0. The molecule has 0 radical (unpaired) electrons. The summed E-state index contributed by atoms with van der Waals surface area (Å²) < 4.78 is 5.48. The molecule has 0 saturated carbocycles. The number of aliphatic hydroxyl groups excluding tert-OH is 4. The van der Waals surface area contributed by atoms with Gasteiger partial charge in [-0.05, 0) is 12.8 Å². The molecule has 0 aromatic heterocycles. The van der Waals surface area contributed by atoms with Crippen molar-refractivity contribution in [3.63, 3.8) is 0 Å². The molecule has 1 aliphatic rings. The van der Waals surface area contributed by atoms with Gasteiger partial charge in [-0.15, -0.1) is 0 Å². The van der Waals surface area contributed by atoms with Crippen LogP contribution >= 0.6 is 0 Å².